The van der Waals surface area contributed by atoms with Gasteiger partial charge in [-0.05, 0) is 30.4 Å². The molecule has 0 saturated heterocycles. The second kappa shape index (κ2) is 5.45. The van der Waals surface area contributed by atoms with E-state index in [1.807, 2.05) is 0 Å². The summed E-state index contributed by atoms with van der Waals surface area (Å²) >= 11 is 0. The van der Waals surface area contributed by atoms with Gasteiger partial charge in [-0.3, -0.25) is 4.68 Å². The van der Waals surface area contributed by atoms with Crippen LogP contribution in [0.1, 0.15) is 40.5 Å². The van der Waals surface area contributed by atoms with Crippen LogP contribution in [0.4, 0.5) is 0 Å². The van der Waals surface area contributed by atoms with Crippen molar-refractivity contribution in [3.05, 3.63) is 47.5 Å². The Bertz CT molecular complexity index is 621. The van der Waals surface area contributed by atoms with Gasteiger partial charge >= 0.3 is 5.97 Å². The van der Waals surface area contributed by atoms with Crippen molar-refractivity contribution >= 4 is 5.97 Å². The first-order valence-corrected chi connectivity index (χ1v) is 6.83. The number of fused-ring (bicyclic) bond motifs is 1. The Morgan fingerprint density at radius 3 is 3.15 bits per heavy atom. The van der Waals surface area contributed by atoms with Crippen molar-refractivity contribution in [1.82, 2.24) is 14.8 Å². The van der Waals surface area contributed by atoms with Gasteiger partial charge in [0.25, 0.3) is 5.82 Å². The number of aryl methyl sites for hydroxylation is 1. The van der Waals surface area contributed by atoms with Crippen molar-refractivity contribution in [3.8, 4) is 0 Å². The minimum Gasteiger partial charge on any atom is -0.463 e. The van der Waals surface area contributed by atoms with Gasteiger partial charge in [-0.25, -0.2) is 9.78 Å². The van der Waals surface area contributed by atoms with Crippen molar-refractivity contribution < 1.29 is 9.53 Å². The molecule has 0 spiro atoms. The van der Waals surface area contributed by atoms with Gasteiger partial charge in [-0.1, -0.05) is 24.3 Å². The van der Waals surface area contributed by atoms with Crippen LogP contribution in [-0.2, 0) is 17.7 Å². The fourth-order valence-corrected chi connectivity index (χ4v) is 2.84. The predicted molar refractivity (Wildman–Crippen MR) is 73.5 cm³/mol. The number of ether oxygens (including phenoxy) is 1. The van der Waals surface area contributed by atoms with Crippen molar-refractivity contribution in [1.29, 1.82) is 0 Å². The molecule has 1 aromatic carbocycles. The summed E-state index contributed by atoms with van der Waals surface area (Å²) in [6, 6.07) is 8.56. The number of hydrogen-bond acceptors (Lipinski definition) is 4. The fraction of sp³-hybridized carbons (Fsp3) is 0.400. The lowest BCUT2D eigenvalue weighted by Crippen LogP contribution is -2.16. The zero-order chi connectivity index (χ0) is 13.9. The smallest absolute Gasteiger partial charge is 0.377 e. The van der Waals surface area contributed by atoms with Gasteiger partial charge in [0.2, 0.25) is 0 Å². The van der Waals surface area contributed by atoms with E-state index >= 15 is 0 Å². The summed E-state index contributed by atoms with van der Waals surface area (Å²) < 4.78 is 6.35. The Kier molecular flexibility index (Phi) is 3.50. The highest BCUT2D eigenvalue weighted by molar-refractivity contribution is 5.84. The van der Waals surface area contributed by atoms with E-state index in [1.165, 1.54) is 24.7 Å². The second-order valence-corrected chi connectivity index (χ2v) is 5.07. The molecule has 0 bridgehead atoms. The average Bonchev–Trinajstić information content (AvgIpc) is 2.95. The van der Waals surface area contributed by atoms with Crippen LogP contribution in [0.3, 0.4) is 0 Å². The molecular weight excluding hydrogens is 254 g/mol. The summed E-state index contributed by atoms with van der Waals surface area (Å²) in [6.07, 6.45) is 5.09. The molecule has 104 valence electrons. The molecule has 20 heavy (non-hydrogen) atoms. The molecule has 1 heterocycles. The van der Waals surface area contributed by atoms with Crippen LogP contribution in [0.25, 0.3) is 0 Å². The first-order chi connectivity index (χ1) is 9.78. The summed E-state index contributed by atoms with van der Waals surface area (Å²) in [4.78, 5) is 15.3. The number of hydrogen-bond donors (Lipinski definition) is 0. The van der Waals surface area contributed by atoms with Crippen LogP contribution in [0.5, 0.6) is 0 Å². The Morgan fingerprint density at radius 2 is 2.30 bits per heavy atom. The van der Waals surface area contributed by atoms with E-state index in [2.05, 4.69) is 39.1 Å². The molecule has 0 aliphatic heterocycles. The zero-order valence-electron chi connectivity index (χ0n) is 11.5. The lowest BCUT2D eigenvalue weighted by molar-refractivity contribution is 0.0586. The molecule has 0 fully saturated rings. The van der Waals surface area contributed by atoms with E-state index in [4.69, 9.17) is 0 Å². The molecule has 0 saturated carbocycles. The van der Waals surface area contributed by atoms with E-state index < -0.39 is 5.97 Å². The maximum Gasteiger partial charge on any atom is 0.377 e. The van der Waals surface area contributed by atoms with Crippen molar-refractivity contribution in [3.63, 3.8) is 0 Å². The predicted octanol–water partition coefficient (Wildman–Crippen LogP) is 2.18. The molecule has 1 aliphatic carbocycles. The molecule has 1 unspecified atom stereocenters. The van der Waals surface area contributed by atoms with Gasteiger partial charge in [0, 0.05) is 12.5 Å². The average molecular weight is 271 g/mol. The van der Waals surface area contributed by atoms with Crippen LogP contribution in [-0.4, -0.2) is 27.8 Å². The minimum absolute atomic E-state index is 0.122. The third-order valence-electron chi connectivity index (χ3n) is 3.81. The third-order valence-corrected chi connectivity index (χ3v) is 3.81. The topological polar surface area (TPSA) is 57.0 Å². The van der Waals surface area contributed by atoms with E-state index in [0.29, 0.717) is 5.92 Å². The van der Waals surface area contributed by atoms with Crippen LogP contribution in [0.2, 0.25) is 0 Å². The second-order valence-electron chi connectivity index (χ2n) is 5.07. The molecule has 0 N–H and O–H groups in total. The molecule has 1 aliphatic rings. The van der Waals surface area contributed by atoms with Gasteiger partial charge in [0.1, 0.15) is 6.33 Å². The van der Waals surface area contributed by atoms with Gasteiger partial charge < -0.3 is 4.74 Å². The van der Waals surface area contributed by atoms with Gasteiger partial charge in [-0.15, -0.1) is 5.10 Å². The molecule has 0 radical (unpaired) electrons. The summed E-state index contributed by atoms with van der Waals surface area (Å²) in [5.41, 5.74) is 2.82. The number of carbonyl (C=O) groups is 1. The first-order valence-electron chi connectivity index (χ1n) is 6.83. The highest BCUT2D eigenvalue weighted by atomic mass is 16.5. The lowest BCUT2D eigenvalue weighted by Gasteiger charge is -2.25. The number of methoxy groups -OCH3 is 1. The lowest BCUT2D eigenvalue weighted by atomic mass is 9.83. The number of aromatic nitrogens is 3. The van der Waals surface area contributed by atoms with Crippen molar-refractivity contribution in [2.45, 2.75) is 31.7 Å². The maximum absolute atomic E-state index is 11.4. The quantitative estimate of drug-likeness (QED) is 0.803. The normalized spacial score (nSPS) is 17.6. The van der Waals surface area contributed by atoms with Gasteiger partial charge in [0.05, 0.1) is 7.11 Å². The zero-order valence-corrected chi connectivity index (χ0v) is 11.5. The fourth-order valence-electron chi connectivity index (χ4n) is 2.84. The standard InChI is InChI=1S/C15H17N3O2/c1-20-15(19)14-16-10-18(17-14)9-12-7-4-6-11-5-2-3-8-13(11)12/h2-3,5,8,10,12H,4,6-7,9H2,1H3. The molecule has 3 rings (SSSR count). The summed E-state index contributed by atoms with van der Waals surface area (Å²) in [7, 11) is 1.33. The molecule has 5 nitrogen and oxygen atoms in total. The number of benzene rings is 1. The van der Waals surface area contributed by atoms with Crippen LogP contribution >= 0.6 is 0 Å². The van der Waals surface area contributed by atoms with Crippen molar-refractivity contribution in [2.24, 2.45) is 0 Å². The first kappa shape index (κ1) is 12.8. The van der Waals surface area contributed by atoms with Gasteiger partial charge in [0.15, 0.2) is 0 Å². The Balaban J connectivity index is 1.79. The van der Waals surface area contributed by atoms with Crippen molar-refractivity contribution in [2.75, 3.05) is 7.11 Å². The highest BCUT2D eigenvalue weighted by Crippen LogP contribution is 2.32. The number of nitrogens with zero attached hydrogens (tertiary/aromatic N) is 3. The monoisotopic (exact) mass is 271 g/mol. The van der Waals surface area contributed by atoms with E-state index in [9.17, 15) is 4.79 Å². The van der Waals surface area contributed by atoms with E-state index in [-0.39, 0.29) is 5.82 Å². The Hall–Kier alpha value is -2.17. The van der Waals surface area contributed by atoms with Crippen LogP contribution < -0.4 is 0 Å². The Labute approximate surface area is 117 Å². The summed E-state index contributed by atoms with van der Waals surface area (Å²) in [6.45, 7) is 0.751. The molecule has 1 atom stereocenters. The Morgan fingerprint density at radius 1 is 1.45 bits per heavy atom. The molecule has 5 heteroatoms. The highest BCUT2D eigenvalue weighted by Gasteiger charge is 2.21. The van der Waals surface area contributed by atoms with E-state index in [1.54, 1.807) is 11.0 Å². The molecule has 1 aromatic heterocycles. The maximum atomic E-state index is 11.4. The van der Waals surface area contributed by atoms with Gasteiger partial charge in [-0.2, -0.15) is 0 Å². The summed E-state index contributed by atoms with van der Waals surface area (Å²) in [5, 5.41) is 4.18. The SMILES string of the molecule is COC(=O)c1ncn(CC2CCCc3ccccc32)n1. The third kappa shape index (κ3) is 2.43. The molecule has 2 aromatic rings. The molecular formula is C15H17N3O2. The van der Waals surface area contributed by atoms with Crippen LogP contribution in [0, 0.1) is 0 Å². The largest absolute Gasteiger partial charge is 0.463 e. The van der Waals surface area contributed by atoms with E-state index in [0.717, 1.165) is 19.4 Å². The summed E-state index contributed by atoms with van der Waals surface area (Å²) in [5.74, 6) is 0.0662. The minimum atomic E-state index is -0.493. The molecule has 0 amide bonds. The number of rotatable bonds is 3. The number of esters is 1. The number of carbonyl (C=O) groups excluding carboxylic acids is 1. The van der Waals surface area contributed by atoms with Crippen LogP contribution in [0.15, 0.2) is 30.6 Å².